The highest BCUT2D eigenvalue weighted by Gasteiger charge is 2.08. The fourth-order valence-corrected chi connectivity index (χ4v) is 1.46. The third-order valence-electron chi connectivity index (χ3n) is 2.14. The minimum absolute atomic E-state index is 0.369. The fraction of sp³-hybridized carbons (Fsp3) is 0.0833. The van der Waals surface area contributed by atoms with Gasteiger partial charge in [0.25, 0.3) is 0 Å². The van der Waals surface area contributed by atoms with Crippen molar-refractivity contribution in [3.63, 3.8) is 0 Å². The quantitative estimate of drug-likeness (QED) is 0.679. The van der Waals surface area contributed by atoms with Crippen LogP contribution in [-0.2, 0) is 0 Å². The Morgan fingerprint density at radius 2 is 2.13 bits per heavy atom. The van der Waals surface area contributed by atoms with Crippen LogP contribution in [0, 0.1) is 11.3 Å². The Morgan fingerprint density at radius 1 is 1.40 bits per heavy atom. The van der Waals surface area contributed by atoms with Crippen LogP contribution in [0.15, 0.2) is 40.3 Å². The van der Waals surface area contributed by atoms with E-state index >= 15 is 0 Å². The Kier molecular flexibility index (Phi) is 2.49. The van der Waals surface area contributed by atoms with Crippen LogP contribution in [0.3, 0.4) is 0 Å². The SMILES string of the molecule is CC(C#N)=C(Cl)c1cc2ccccc2o1. The first-order chi connectivity index (χ1) is 7.22. The van der Waals surface area contributed by atoms with Crippen LogP contribution in [0.4, 0.5) is 0 Å². The van der Waals surface area contributed by atoms with Crippen molar-refractivity contribution in [3.05, 3.63) is 41.7 Å². The Balaban J connectivity index is 2.60. The molecule has 0 aliphatic heterocycles. The van der Waals surface area contributed by atoms with Gasteiger partial charge in [-0.1, -0.05) is 29.8 Å². The molecule has 15 heavy (non-hydrogen) atoms. The summed E-state index contributed by atoms with van der Waals surface area (Å²) in [4.78, 5) is 0. The van der Waals surface area contributed by atoms with Gasteiger partial charge in [-0.3, -0.25) is 0 Å². The molecule has 74 valence electrons. The fourth-order valence-electron chi connectivity index (χ4n) is 1.32. The van der Waals surface area contributed by atoms with Crippen molar-refractivity contribution in [1.29, 1.82) is 5.26 Å². The second kappa shape index (κ2) is 3.80. The minimum atomic E-state index is 0.369. The summed E-state index contributed by atoms with van der Waals surface area (Å²) in [5.74, 6) is 0.539. The summed E-state index contributed by atoms with van der Waals surface area (Å²) in [5.41, 5.74) is 1.23. The first-order valence-corrected chi connectivity index (χ1v) is 4.85. The van der Waals surface area contributed by atoms with Crippen molar-refractivity contribution in [3.8, 4) is 6.07 Å². The summed E-state index contributed by atoms with van der Waals surface area (Å²) in [5, 5.41) is 10.1. The molecule has 2 nitrogen and oxygen atoms in total. The maximum atomic E-state index is 8.71. The van der Waals surface area contributed by atoms with E-state index in [-0.39, 0.29) is 0 Å². The monoisotopic (exact) mass is 217 g/mol. The molecule has 0 aliphatic rings. The van der Waals surface area contributed by atoms with Crippen molar-refractivity contribution in [1.82, 2.24) is 0 Å². The number of allylic oxidation sites excluding steroid dienone is 1. The van der Waals surface area contributed by atoms with Crippen LogP contribution in [0.1, 0.15) is 12.7 Å². The van der Waals surface area contributed by atoms with Gasteiger partial charge in [0.1, 0.15) is 11.3 Å². The first-order valence-electron chi connectivity index (χ1n) is 4.48. The van der Waals surface area contributed by atoms with E-state index in [4.69, 9.17) is 21.3 Å². The molecule has 0 unspecified atom stereocenters. The van der Waals surface area contributed by atoms with Crippen LogP contribution >= 0.6 is 11.6 Å². The highest BCUT2D eigenvalue weighted by molar-refractivity contribution is 6.49. The molecule has 0 spiro atoms. The average Bonchev–Trinajstić information content (AvgIpc) is 2.70. The Labute approximate surface area is 92.4 Å². The molecule has 0 saturated carbocycles. The Bertz CT molecular complexity index is 542. The lowest BCUT2D eigenvalue weighted by Gasteiger charge is -1.92. The third kappa shape index (κ3) is 1.74. The van der Waals surface area contributed by atoms with Gasteiger partial charge in [0.2, 0.25) is 0 Å². The van der Waals surface area contributed by atoms with Crippen molar-refractivity contribution in [2.75, 3.05) is 0 Å². The van der Waals surface area contributed by atoms with Gasteiger partial charge in [-0.2, -0.15) is 5.26 Å². The Morgan fingerprint density at radius 3 is 2.80 bits per heavy atom. The molecule has 2 aromatic rings. The average molecular weight is 218 g/mol. The molecule has 0 N–H and O–H groups in total. The molecular formula is C12H8ClNO. The predicted octanol–water partition coefficient (Wildman–Crippen LogP) is 3.93. The van der Waals surface area contributed by atoms with E-state index in [9.17, 15) is 0 Å². The standard InChI is InChI=1S/C12H8ClNO/c1-8(7-14)12(13)11-6-9-4-2-3-5-10(9)15-11/h2-6H,1H3. The molecule has 0 bridgehead atoms. The zero-order valence-electron chi connectivity index (χ0n) is 8.12. The van der Waals surface area contributed by atoms with Crippen LogP contribution in [0.2, 0.25) is 0 Å². The van der Waals surface area contributed by atoms with E-state index in [2.05, 4.69) is 0 Å². The van der Waals surface area contributed by atoms with Crippen molar-refractivity contribution >= 4 is 27.6 Å². The number of nitrogens with zero attached hydrogens (tertiary/aromatic N) is 1. The van der Waals surface area contributed by atoms with Gasteiger partial charge in [-0.15, -0.1) is 0 Å². The summed E-state index contributed by atoms with van der Waals surface area (Å²) in [6.45, 7) is 1.66. The van der Waals surface area contributed by atoms with Gasteiger partial charge < -0.3 is 4.42 Å². The lowest BCUT2D eigenvalue weighted by Crippen LogP contribution is -1.75. The predicted molar refractivity (Wildman–Crippen MR) is 60.3 cm³/mol. The highest BCUT2D eigenvalue weighted by atomic mass is 35.5. The van der Waals surface area contributed by atoms with E-state index in [0.717, 1.165) is 11.0 Å². The van der Waals surface area contributed by atoms with Crippen LogP contribution in [-0.4, -0.2) is 0 Å². The molecule has 3 heteroatoms. The second-order valence-electron chi connectivity index (χ2n) is 3.20. The van der Waals surface area contributed by atoms with E-state index in [1.54, 1.807) is 6.92 Å². The lowest BCUT2D eigenvalue weighted by molar-refractivity contribution is 0.602. The number of nitriles is 1. The van der Waals surface area contributed by atoms with Gasteiger partial charge in [0, 0.05) is 11.0 Å². The number of hydrogen-bond acceptors (Lipinski definition) is 2. The molecule has 0 fully saturated rings. The maximum absolute atomic E-state index is 8.71. The van der Waals surface area contributed by atoms with E-state index in [1.807, 2.05) is 36.4 Å². The zero-order chi connectivity index (χ0) is 10.8. The first kappa shape index (κ1) is 9.82. The number of fused-ring (bicyclic) bond motifs is 1. The van der Waals surface area contributed by atoms with Gasteiger partial charge in [0.05, 0.1) is 11.1 Å². The summed E-state index contributed by atoms with van der Waals surface area (Å²) in [7, 11) is 0. The van der Waals surface area contributed by atoms with Gasteiger partial charge in [-0.05, 0) is 19.1 Å². The van der Waals surface area contributed by atoms with Gasteiger partial charge in [0.15, 0.2) is 0 Å². The van der Waals surface area contributed by atoms with E-state index in [0.29, 0.717) is 16.4 Å². The normalized spacial score (nSPS) is 12.3. The van der Waals surface area contributed by atoms with Crippen molar-refractivity contribution in [2.45, 2.75) is 6.92 Å². The molecule has 2 rings (SSSR count). The minimum Gasteiger partial charge on any atom is -0.455 e. The molecule has 0 radical (unpaired) electrons. The number of hydrogen-bond donors (Lipinski definition) is 0. The summed E-state index contributed by atoms with van der Waals surface area (Å²) >= 11 is 5.99. The van der Waals surface area contributed by atoms with E-state index in [1.165, 1.54) is 0 Å². The van der Waals surface area contributed by atoms with Crippen LogP contribution in [0.5, 0.6) is 0 Å². The van der Waals surface area contributed by atoms with Crippen LogP contribution < -0.4 is 0 Å². The van der Waals surface area contributed by atoms with E-state index < -0.39 is 0 Å². The zero-order valence-corrected chi connectivity index (χ0v) is 8.88. The molecule has 0 atom stereocenters. The van der Waals surface area contributed by atoms with Gasteiger partial charge in [-0.25, -0.2) is 0 Å². The third-order valence-corrected chi connectivity index (χ3v) is 2.61. The van der Waals surface area contributed by atoms with Gasteiger partial charge >= 0.3 is 0 Å². The molecule has 0 saturated heterocycles. The maximum Gasteiger partial charge on any atom is 0.147 e. The van der Waals surface area contributed by atoms with Crippen LogP contribution in [0.25, 0.3) is 16.0 Å². The smallest absolute Gasteiger partial charge is 0.147 e. The topological polar surface area (TPSA) is 36.9 Å². The lowest BCUT2D eigenvalue weighted by atomic mass is 10.2. The molecule has 0 amide bonds. The highest BCUT2D eigenvalue weighted by Crippen LogP contribution is 2.28. The molecule has 0 aliphatic carbocycles. The summed E-state index contributed by atoms with van der Waals surface area (Å²) in [6.07, 6.45) is 0. The van der Waals surface area contributed by atoms with Crippen molar-refractivity contribution < 1.29 is 4.42 Å². The molecule has 1 heterocycles. The molecule has 1 aromatic carbocycles. The summed E-state index contributed by atoms with van der Waals surface area (Å²) in [6, 6.07) is 11.5. The number of benzene rings is 1. The summed E-state index contributed by atoms with van der Waals surface area (Å²) < 4.78 is 5.51. The number of rotatable bonds is 1. The van der Waals surface area contributed by atoms with Crippen molar-refractivity contribution in [2.24, 2.45) is 0 Å². The number of para-hydroxylation sites is 1. The molecule has 1 aromatic heterocycles. The number of halogens is 1. The number of furan rings is 1. The Hall–Kier alpha value is -1.72. The second-order valence-corrected chi connectivity index (χ2v) is 3.58. The molecular weight excluding hydrogens is 210 g/mol. The largest absolute Gasteiger partial charge is 0.455 e.